The van der Waals surface area contributed by atoms with Crippen molar-refractivity contribution in [2.45, 2.75) is 25.0 Å². The topological polar surface area (TPSA) is 93.2 Å². The fraction of sp³-hybridized carbons (Fsp3) is 0.375. The predicted octanol–water partition coefficient (Wildman–Crippen LogP) is 0.377. The molecule has 3 rings (SSSR count). The van der Waals surface area contributed by atoms with Gasteiger partial charge in [-0.15, -0.1) is 0 Å². The van der Waals surface area contributed by atoms with Gasteiger partial charge in [0.2, 0.25) is 0 Å². The quantitative estimate of drug-likeness (QED) is 0.743. The van der Waals surface area contributed by atoms with E-state index in [-0.39, 0.29) is 23.5 Å². The van der Waals surface area contributed by atoms with Crippen molar-refractivity contribution < 1.29 is 28.8 Å². The normalized spacial score (nSPS) is 22.5. The minimum atomic E-state index is -0.983. The molecule has 1 aromatic rings. The van der Waals surface area contributed by atoms with Gasteiger partial charge >= 0.3 is 5.97 Å². The number of hydrogen-bond acceptors (Lipinski definition) is 6. The Labute approximate surface area is 137 Å². The maximum Gasteiger partial charge on any atom is 0.361 e. The van der Waals surface area contributed by atoms with E-state index in [1.54, 1.807) is 26.2 Å². The number of likely N-dealkylation sites (N-methyl/N-ethyl adjacent to an activating group) is 1. The van der Waals surface area contributed by atoms with Gasteiger partial charge in [0.05, 0.1) is 11.1 Å². The van der Waals surface area contributed by atoms with Gasteiger partial charge < -0.3 is 14.5 Å². The van der Waals surface area contributed by atoms with Crippen molar-refractivity contribution in [3.63, 3.8) is 0 Å². The minimum absolute atomic E-state index is 0.184. The van der Waals surface area contributed by atoms with Crippen LogP contribution < -0.4 is 0 Å². The Balaban J connectivity index is 1.66. The molecule has 0 bridgehead atoms. The molecular weight excluding hydrogens is 316 g/mol. The largest absolute Gasteiger partial charge is 0.361 e. The Hall–Kier alpha value is -2.74. The van der Waals surface area contributed by atoms with Crippen LogP contribution in [0, 0.1) is 0 Å². The van der Waals surface area contributed by atoms with Crippen LogP contribution in [0.2, 0.25) is 0 Å². The van der Waals surface area contributed by atoms with Crippen LogP contribution in [0.15, 0.2) is 24.3 Å². The second kappa shape index (κ2) is 6.04. The van der Waals surface area contributed by atoms with Crippen molar-refractivity contribution >= 4 is 23.7 Å². The average Bonchev–Trinajstić information content (AvgIpc) is 3.14. The van der Waals surface area contributed by atoms with Gasteiger partial charge in [0.15, 0.2) is 6.10 Å². The van der Waals surface area contributed by atoms with Crippen LogP contribution >= 0.6 is 0 Å². The van der Waals surface area contributed by atoms with Crippen LogP contribution in [0.3, 0.4) is 0 Å². The second-order valence-corrected chi connectivity index (χ2v) is 5.78. The monoisotopic (exact) mass is 332 g/mol. The lowest BCUT2D eigenvalue weighted by atomic mass is 10.1. The third-order valence-electron chi connectivity index (χ3n) is 3.94. The van der Waals surface area contributed by atoms with Gasteiger partial charge in [0, 0.05) is 14.1 Å². The van der Waals surface area contributed by atoms with Crippen molar-refractivity contribution in [1.82, 2.24) is 9.96 Å². The molecule has 3 amide bonds. The number of amides is 3. The summed E-state index contributed by atoms with van der Waals surface area (Å²) in [7, 11) is 3.19. The maximum absolute atomic E-state index is 12.2. The summed E-state index contributed by atoms with van der Waals surface area (Å²) in [6.45, 7) is 0. The number of hydrogen-bond donors (Lipinski definition) is 0. The Morgan fingerprint density at radius 1 is 1.08 bits per heavy atom. The molecule has 0 unspecified atom stereocenters. The Bertz CT molecular complexity index is 694. The number of benzene rings is 1. The molecule has 0 aliphatic carbocycles. The van der Waals surface area contributed by atoms with E-state index < -0.39 is 30.0 Å². The van der Waals surface area contributed by atoms with E-state index in [1.165, 1.54) is 17.0 Å². The summed E-state index contributed by atoms with van der Waals surface area (Å²) in [5, 5.41) is 0.442. The molecule has 2 aliphatic rings. The molecule has 0 N–H and O–H groups in total. The first-order valence-electron chi connectivity index (χ1n) is 7.46. The summed E-state index contributed by atoms with van der Waals surface area (Å²) >= 11 is 0. The number of fused-ring (bicyclic) bond motifs is 1. The first-order chi connectivity index (χ1) is 11.4. The van der Waals surface area contributed by atoms with Gasteiger partial charge in [-0.05, 0) is 25.0 Å². The van der Waals surface area contributed by atoms with Gasteiger partial charge in [-0.1, -0.05) is 17.2 Å². The number of imide groups is 1. The lowest BCUT2D eigenvalue weighted by molar-refractivity contribution is -0.181. The molecule has 1 saturated heterocycles. The smallest absolute Gasteiger partial charge is 0.353 e. The summed E-state index contributed by atoms with van der Waals surface area (Å²) in [5.41, 5.74) is 0.367. The number of hydroxylamine groups is 2. The van der Waals surface area contributed by atoms with Crippen molar-refractivity contribution in [2.24, 2.45) is 0 Å². The summed E-state index contributed by atoms with van der Waals surface area (Å²) in [6, 6.07) is 6.21. The van der Waals surface area contributed by atoms with E-state index in [0.29, 0.717) is 11.5 Å². The number of ether oxygens (including phenoxy) is 1. The first kappa shape index (κ1) is 16.1. The SMILES string of the molecule is CN(C)C(=O)[C@H]1CC[C@@H](C(=O)ON2C(=O)c3ccccc3C2=O)O1. The number of carbonyl (C=O) groups excluding carboxylic acids is 4. The van der Waals surface area contributed by atoms with Crippen LogP contribution in [-0.2, 0) is 19.2 Å². The molecule has 8 nitrogen and oxygen atoms in total. The summed E-state index contributed by atoms with van der Waals surface area (Å²) < 4.78 is 5.39. The second-order valence-electron chi connectivity index (χ2n) is 5.78. The van der Waals surface area contributed by atoms with Crippen LogP contribution in [0.25, 0.3) is 0 Å². The summed E-state index contributed by atoms with van der Waals surface area (Å²) in [6.07, 6.45) is -1.05. The molecule has 2 atom stereocenters. The summed E-state index contributed by atoms with van der Waals surface area (Å²) in [5.74, 6) is -2.49. The molecule has 0 saturated carbocycles. The lowest BCUT2D eigenvalue weighted by Gasteiger charge is -2.18. The lowest BCUT2D eigenvalue weighted by Crippen LogP contribution is -2.38. The highest BCUT2D eigenvalue weighted by molar-refractivity contribution is 6.20. The molecule has 24 heavy (non-hydrogen) atoms. The molecule has 0 aromatic heterocycles. The van der Waals surface area contributed by atoms with Crippen LogP contribution in [0.1, 0.15) is 33.6 Å². The minimum Gasteiger partial charge on any atom is -0.353 e. The standard InChI is InChI=1S/C16H16N2O6/c1-17(2)15(21)11-7-8-12(23-11)16(22)24-18-13(19)9-5-3-4-6-10(9)14(18)20/h3-6,11-12H,7-8H2,1-2H3/t11-,12+/m1/s1. The van der Waals surface area contributed by atoms with Gasteiger partial charge in [-0.2, -0.15) is 0 Å². The van der Waals surface area contributed by atoms with E-state index in [0.717, 1.165) is 0 Å². The van der Waals surface area contributed by atoms with E-state index in [9.17, 15) is 19.2 Å². The Morgan fingerprint density at radius 3 is 2.17 bits per heavy atom. The zero-order valence-corrected chi connectivity index (χ0v) is 13.2. The number of rotatable bonds is 3. The molecule has 2 heterocycles. The zero-order valence-electron chi connectivity index (χ0n) is 13.2. The maximum atomic E-state index is 12.2. The average molecular weight is 332 g/mol. The first-order valence-corrected chi connectivity index (χ1v) is 7.46. The van der Waals surface area contributed by atoms with Crippen molar-refractivity contribution in [1.29, 1.82) is 0 Å². The molecule has 2 aliphatic heterocycles. The molecule has 0 spiro atoms. The van der Waals surface area contributed by atoms with E-state index in [2.05, 4.69) is 0 Å². The highest BCUT2D eigenvalue weighted by Crippen LogP contribution is 2.26. The van der Waals surface area contributed by atoms with E-state index >= 15 is 0 Å². The molecule has 126 valence electrons. The molecule has 1 fully saturated rings. The van der Waals surface area contributed by atoms with E-state index in [1.807, 2.05) is 0 Å². The van der Waals surface area contributed by atoms with Crippen LogP contribution in [0.5, 0.6) is 0 Å². The molecular formula is C16H16N2O6. The van der Waals surface area contributed by atoms with Gasteiger partial charge in [-0.25, -0.2) is 4.79 Å². The van der Waals surface area contributed by atoms with Gasteiger partial charge in [-0.3, -0.25) is 14.4 Å². The van der Waals surface area contributed by atoms with E-state index in [4.69, 9.17) is 9.57 Å². The van der Waals surface area contributed by atoms with Gasteiger partial charge in [0.1, 0.15) is 6.10 Å². The van der Waals surface area contributed by atoms with Crippen molar-refractivity contribution in [2.75, 3.05) is 14.1 Å². The van der Waals surface area contributed by atoms with Crippen LogP contribution in [-0.4, -0.2) is 60.0 Å². The summed E-state index contributed by atoms with van der Waals surface area (Å²) in [4.78, 5) is 54.6. The van der Waals surface area contributed by atoms with Crippen molar-refractivity contribution in [3.8, 4) is 0 Å². The molecule has 8 heteroatoms. The fourth-order valence-corrected chi connectivity index (χ4v) is 2.68. The third kappa shape index (κ3) is 2.65. The van der Waals surface area contributed by atoms with Crippen molar-refractivity contribution in [3.05, 3.63) is 35.4 Å². The molecule has 0 radical (unpaired) electrons. The molecule has 1 aromatic carbocycles. The highest BCUT2D eigenvalue weighted by atomic mass is 16.7. The fourth-order valence-electron chi connectivity index (χ4n) is 2.68. The number of carbonyl (C=O) groups is 4. The predicted molar refractivity (Wildman–Crippen MR) is 79.6 cm³/mol. The Kier molecular flexibility index (Phi) is 4.06. The van der Waals surface area contributed by atoms with Gasteiger partial charge in [0.25, 0.3) is 17.7 Å². The zero-order chi connectivity index (χ0) is 17.4. The number of nitrogens with zero attached hydrogens (tertiary/aromatic N) is 2. The third-order valence-corrected chi connectivity index (χ3v) is 3.94. The highest BCUT2D eigenvalue weighted by Gasteiger charge is 2.42. The van der Waals surface area contributed by atoms with Crippen LogP contribution in [0.4, 0.5) is 0 Å². The Morgan fingerprint density at radius 2 is 1.62 bits per heavy atom.